The van der Waals surface area contributed by atoms with Crippen LogP contribution in [-0.4, -0.2) is 223 Å². The topological polar surface area (TPSA) is 350 Å². The fourth-order valence-corrected chi connectivity index (χ4v) is 19.1. The Morgan fingerprint density at radius 2 is 1.20 bits per heavy atom. The average molecular weight is 1770 g/mol. The van der Waals surface area contributed by atoms with E-state index in [1.54, 1.807) is 63.9 Å². The van der Waals surface area contributed by atoms with Crippen molar-refractivity contribution in [2.45, 2.75) is 259 Å². The second-order valence-electron chi connectivity index (χ2n) is 34.4. The fraction of sp³-hybridized carbons (Fsp3) is 0.517. The first-order chi connectivity index (χ1) is 61.4. The van der Waals surface area contributed by atoms with Gasteiger partial charge >= 0.3 is 55.5 Å². The van der Waals surface area contributed by atoms with Crippen molar-refractivity contribution in [3.8, 4) is 0 Å². The van der Waals surface area contributed by atoms with Crippen molar-refractivity contribution in [3.63, 3.8) is 0 Å². The molecule has 6 unspecified atom stereocenters. The number of alkyl halides is 3. The van der Waals surface area contributed by atoms with Crippen molar-refractivity contribution in [1.82, 2.24) is 65.1 Å². The second kappa shape index (κ2) is 49.0. The molecule has 7 aliphatic rings. The minimum atomic E-state index is -4.38. The molecule has 39 heteroatoms. The molecule has 12 N–H and O–H groups in total. The number of thiophene rings is 1. The minimum absolute atomic E-state index is 0.0850. The molecule has 3 aromatic heterocycles. The molecule has 1 saturated carbocycles. The lowest BCUT2D eigenvalue weighted by Crippen LogP contribution is -2.56. The quantitative estimate of drug-likeness (QED) is 0.00938. The van der Waals surface area contributed by atoms with Crippen molar-refractivity contribution >= 4 is 126 Å². The number of aliphatic imine (C=N–C) groups is 4. The molecule has 0 amide bonds. The van der Waals surface area contributed by atoms with Gasteiger partial charge in [-0.15, -0.1) is 16.4 Å². The predicted molar refractivity (Wildman–Crippen MR) is 516 cm³/mol. The first-order valence-corrected chi connectivity index (χ1v) is 46.0. The van der Waals surface area contributed by atoms with Crippen LogP contribution in [0.25, 0.3) is 19.9 Å². The van der Waals surface area contributed by atoms with Crippen LogP contribution >= 0.6 is 11.3 Å². The summed E-state index contributed by atoms with van der Waals surface area (Å²) in [5, 5.41) is 104. The molecule has 4 aliphatic heterocycles. The maximum absolute atomic E-state index is 13.7. The van der Waals surface area contributed by atoms with Gasteiger partial charge in [-0.25, -0.2) is 24.3 Å². The molecule has 5 aromatic carbocycles. The van der Waals surface area contributed by atoms with Gasteiger partial charge in [0.15, 0.2) is 17.2 Å². The zero-order chi connectivity index (χ0) is 92.5. The Bertz CT molecular complexity index is 5100. The molecule has 15 rings (SSSR count). The maximum atomic E-state index is 13.7. The summed E-state index contributed by atoms with van der Waals surface area (Å²) in [5.41, 5.74) is 17.9. The minimum Gasteiger partial charge on any atom is -0.437 e. The summed E-state index contributed by atoms with van der Waals surface area (Å²) in [4.78, 5) is 42.2. The molecule has 7 heterocycles. The molecule has 0 bridgehead atoms. The molecule has 0 spiro atoms. The number of rotatable bonds is 28. The monoisotopic (exact) mass is 1770 g/mol. The number of aromatic nitrogens is 6. The molecule has 3 aliphatic carbocycles. The molecular weight excluding hydrogens is 1640 g/mol. The Morgan fingerprint density at radius 1 is 0.625 bits per heavy atom. The summed E-state index contributed by atoms with van der Waals surface area (Å²) >= 11 is 1.69. The highest BCUT2D eigenvalue weighted by Gasteiger charge is 2.43. The van der Waals surface area contributed by atoms with E-state index in [-0.39, 0.29) is 44.2 Å². The van der Waals surface area contributed by atoms with E-state index in [4.69, 9.17) is 23.1 Å². The first kappa shape index (κ1) is 101. The average Bonchev–Trinajstić information content (AvgIpc) is 1.57. The lowest BCUT2D eigenvalue weighted by atomic mass is 9.79. The Morgan fingerprint density at radius 3 is 1.80 bits per heavy atom. The number of aryl methyl sites for hydroxylation is 2. The molecule has 0 radical (unpaired) electrons. The van der Waals surface area contributed by atoms with Crippen molar-refractivity contribution < 1.29 is 53.4 Å². The van der Waals surface area contributed by atoms with Crippen LogP contribution < -0.4 is 21.0 Å². The number of aliphatic hydroxyl groups excluding tert-OH is 1. The van der Waals surface area contributed by atoms with Gasteiger partial charge in [0, 0.05) is 60.3 Å². The molecule has 128 heavy (non-hydrogen) atoms. The summed E-state index contributed by atoms with van der Waals surface area (Å²) in [6.45, 7) is 52.5. The third-order valence-corrected chi connectivity index (χ3v) is 26.1. The number of tetrazole rings is 1. The van der Waals surface area contributed by atoms with Crippen molar-refractivity contribution in [3.05, 3.63) is 196 Å². The second-order valence-corrected chi connectivity index (χ2v) is 35.5. The number of hydrogen-bond donors (Lipinski definition) is 12. The van der Waals surface area contributed by atoms with E-state index >= 15 is 0 Å². The summed E-state index contributed by atoms with van der Waals surface area (Å²) in [5.74, 6) is 1.62. The number of unbranched alkanes of at least 4 members (excludes halogenated alkanes) is 4. The Labute approximate surface area is 760 Å². The van der Waals surface area contributed by atoms with E-state index in [2.05, 4.69) is 140 Å². The van der Waals surface area contributed by atoms with Crippen molar-refractivity contribution in [2.75, 3.05) is 44.6 Å². The molecule has 28 nitrogen and oxygen atoms in total. The highest BCUT2D eigenvalue weighted by atomic mass is 32.1. The summed E-state index contributed by atoms with van der Waals surface area (Å²) in [7, 11) is -3.62. The number of hydrogen-bond acceptors (Lipinski definition) is 26. The van der Waals surface area contributed by atoms with Gasteiger partial charge in [-0.05, 0) is 307 Å². The third-order valence-electron chi connectivity index (χ3n) is 24.9. The highest BCUT2D eigenvalue weighted by molar-refractivity contribution is 7.19. The number of fused-ring (bicyclic) bond motifs is 8. The van der Waals surface area contributed by atoms with E-state index in [9.17, 15) is 53.4 Å². The van der Waals surface area contributed by atoms with Gasteiger partial charge in [-0.1, -0.05) is 86.7 Å². The number of nitrogens with one attached hydrogen (secondary N) is 4. The zero-order valence-electron chi connectivity index (χ0n) is 75.8. The number of aliphatic hydroxyl groups is 1. The summed E-state index contributed by atoms with van der Waals surface area (Å²) in [6, 6.07) is 24.8. The summed E-state index contributed by atoms with van der Waals surface area (Å²) in [6.07, 6.45) is 11.6. The van der Waals surface area contributed by atoms with Crippen LogP contribution in [0.15, 0.2) is 98.8 Å². The van der Waals surface area contributed by atoms with Crippen LogP contribution in [0.5, 0.6) is 0 Å². The van der Waals surface area contributed by atoms with E-state index in [1.807, 2.05) is 58.9 Å². The SMILES string of the molecule is C=NC1CC1c1nc(CCCCCCC)c2sc3c(c2n1)C(O)CCC(NB(C)O)C(NB(C)O)C3.C=NCCn1nnnc1C(CCNB(C)O)Nc1c(C)cc(C(F)(F)F)c2c1CCCC2.C=Nc1ccc2c(c1)CCN(B(C)O)C2.C=Nc1ccc2c(c1)CN(B(C)O)CC2.[C-]#[N+]c1cccc2c1CCN(B(C)O)C2.[C-]#[N+]c1cccc2c1CN(B(C)O)CC2. The van der Waals surface area contributed by atoms with Gasteiger partial charge in [-0.2, -0.15) is 13.2 Å². The van der Waals surface area contributed by atoms with E-state index in [0.717, 1.165) is 175 Å². The Kier molecular flexibility index (Phi) is 38.8. The Hall–Kier alpha value is -8.69. The number of benzene rings is 5. The molecule has 8 aromatic rings. The van der Waals surface area contributed by atoms with E-state index in [1.165, 1.54) is 65.1 Å². The number of nitrogens with zero attached hydrogens (tertiary/aromatic N) is 16. The third kappa shape index (κ3) is 27.9. The van der Waals surface area contributed by atoms with Gasteiger partial charge < -0.3 is 80.5 Å². The normalized spacial score (nSPS) is 18.3. The van der Waals surface area contributed by atoms with Crippen LogP contribution in [0.1, 0.15) is 190 Å². The van der Waals surface area contributed by atoms with E-state index < -0.39 is 53.1 Å². The van der Waals surface area contributed by atoms with Crippen LogP contribution in [-0.2, 0) is 90.3 Å². The van der Waals surface area contributed by atoms with Crippen molar-refractivity contribution in [2.24, 2.45) is 20.0 Å². The van der Waals surface area contributed by atoms with Crippen LogP contribution in [0, 0.1) is 20.1 Å². The smallest absolute Gasteiger partial charge is 0.416 e. The zero-order valence-corrected chi connectivity index (χ0v) is 76.6. The Balaban J connectivity index is 0.000000167. The molecular formula is C89H126B7F3N20O8S. The lowest BCUT2D eigenvalue weighted by Gasteiger charge is -2.33. The molecule has 6 atom stereocenters. The van der Waals surface area contributed by atoms with Crippen LogP contribution in [0.2, 0.25) is 47.8 Å². The van der Waals surface area contributed by atoms with E-state index in [0.29, 0.717) is 87.3 Å². The fourth-order valence-electron chi connectivity index (χ4n) is 17.7. The highest BCUT2D eigenvalue weighted by Crippen LogP contribution is 2.47. The van der Waals surface area contributed by atoms with Gasteiger partial charge in [-0.3, -0.25) is 20.0 Å². The molecule has 0 saturated heterocycles. The van der Waals surface area contributed by atoms with Crippen LogP contribution in [0.3, 0.4) is 0 Å². The summed E-state index contributed by atoms with van der Waals surface area (Å²) < 4.78 is 43.8. The van der Waals surface area contributed by atoms with Crippen molar-refractivity contribution in [1.29, 1.82) is 0 Å². The lowest BCUT2D eigenvalue weighted by molar-refractivity contribution is -0.138. The molecule has 678 valence electrons. The number of halogens is 3. The number of anilines is 1. The van der Waals surface area contributed by atoms with Gasteiger partial charge in [0.25, 0.3) is 0 Å². The van der Waals surface area contributed by atoms with Gasteiger partial charge in [0.1, 0.15) is 5.82 Å². The van der Waals surface area contributed by atoms with Gasteiger partial charge in [0.05, 0.1) is 77.3 Å². The largest absolute Gasteiger partial charge is 0.437 e. The predicted octanol–water partition coefficient (Wildman–Crippen LogP) is 12.5. The maximum Gasteiger partial charge on any atom is 0.416 e. The van der Waals surface area contributed by atoms with Crippen LogP contribution in [0.4, 0.5) is 41.6 Å². The first-order valence-electron chi connectivity index (χ1n) is 45.1. The molecule has 1 fully saturated rings. The standard InChI is InChI=1S/C25H41B2N5O3S.C20H29BF3N7O.2C11H15BN2O.2C11H13BN2O/c1-5-6-7-8-9-10-17-24-23(30-25(29-17)15-13-18(15)28-4)22-20(33)12-11-16(31-26(2)34)19(32-27(3)35)14-21(22)36-24;1-13-12-16(20(22,23)24)14-6-4-5-7-15(14)18(13)27-17(8-9-26-21(2)32)19-28-29-30-31(19)11-10-25-3;1-12(15)14-6-5-9-7-11(13-2)4-3-10(9)8-14;1-12(15)14-6-5-9-3-4-11(13-2)7-10(9)8-14;1-12(15)14-7-6-10-9(8-14)4-3-5-11(10)13-2;1-12(15)14-7-6-9-4-3-5-11(13-2)10(9)8-14/h15-16,18-20,31-35H,4-14H2,1-3H3;12,17,26-27,32H,3-11H2,1-2H3;2*3-4,7,15H,2,5-6,8H2,1H3;2*3-5,15H,6-8H2,1H3. The van der Waals surface area contributed by atoms with Gasteiger partial charge in [0.2, 0.25) is 0 Å².